The van der Waals surface area contributed by atoms with Crippen molar-refractivity contribution in [1.29, 1.82) is 0 Å². The normalized spacial score (nSPS) is 16.2. The number of nitrogens with one attached hydrogen (secondary N) is 1. The number of carbonyl (C=O) groups excluding carboxylic acids is 1. The van der Waals surface area contributed by atoms with Gasteiger partial charge in [0.1, 0.15) is 5.60 Å². The average molecular weight is 377 g/mol. The molecule has 1 aliphatic heterocycles. The predicted molar refractivity (Wildman–Crippen MR) is 95.4 cm³/mol. The first-order valence-corrected chi connectivity index (χ1v) is 8.78. The van der Waals surface area contributed by atoms with Crippen molar-refractivity contribution in [3.05, 3.63) is 28.0 Å². The molecule has 1 aromatic rings. The van der Waals surface area contributed by atoms with Gasteiger partial charge in [0.2, 0.25) is 0 Å². The number of likely N-dealkylation sites (tertiary alicyclic amines) is 1. The van der Waals surface area contributed by atoms with E-state index < -0.39 is 11.4 Å². The van der Waals surface area contributed by atoms with Gasteiger partial charge in [0.25, 0.3) is 0 Å². The lowest BCUT2D eigenvalue weighted by Crippen LogP contribution is -2.42. The molecule has 1 fully saturated rings. The van der Waals surface area contributed by atoms with Crippen LogP contribution in [0.3, 0.4) is 0 Å². The van der Waals surface area contributed by atoms with Gasteiger partial charge in [-0.2, -0.15) is 0 Å². The predicted octanol–water partition coefficient (Wildman–Crippen LogP) is 5.19. The molecule has 1 aliphatic rings. The Morgan fingerprint density at radius 3 is 2.54 bits per heavy atom. The van der Waals surface area contributed by atoms with E-state index in [0.29, 0.717) is 31.2 Å². The highest BCUT2D eigenvalue weighted by Crippen LogP contribution is 2.30. The standard InChI is InChI=1S/C17H23Cl2FN2O2/c1-17(2,3)24-16(23)22-8-6-11(7-9-22)10-21-13-5-4-12(18)14(19)15(13)20/h4-5,11,21H,6-10H2,1-3H3. The molecule has 1 saturated heterocycles. The van der Waals surface area contributed by atoms with Crippen LogP contribution < -0.4 is 5.32 Å². The first kappa shape index (κ1) is 19.1. The van der Waals surface area contributed by atoms with E-state index in [0.717, 1.165) is 12.8 Å². The Morgan fingerprint density at radius 2 is 1.96 bits per heavy atom. The summed E-state index contributed by atoms with van der Waals surface area (Å²) in [6.07, 6.45) is 1.41. The smallest absolute Gasteiger partial charge is 0.410 e. The van der Waals surface area contributed by atoms with E-state index in [-0.39, 0.29) is 16.1 Å². The molecule has 1 heterocycles. The molecular formula is C17H23Cl2FN2O2. The molecule has 0 radical (unpaired) electrons. The molecule has 134 valence electrons. The van der Waals surface area contributed by atoms with Gasteiger partial charge in [0.05, 0.1) is 15.7 Å². The third kappa shape index (κ3) is 5.15. The molecular weight excluding hydrogens is 354 g/mol. The van der Waals surface area contributed by atoms with Crippen molar-refractivity contribution >= 4 is 35.0 Å². The fourth-order valence-electron chi connectivity index (χ4n) is 2.56. The molecule has 1 N–H and O–H groups in total. The number of nitrogens with zero attached hydrogens (tertiary/aromatic N) is 1. The van der Waals surface area contributed by atoms with Crippen LogP contribution in [0.5, 0.6) is 0 Å². The Balaban J connectivity index is 1.82. The van der Waals surface area contributed by atoms with E-state index in [2.05, 4.69) is 5.32 Å². The third-order valence-electron chi connectivity index (χ3n) is 3.88. The summed E-state index contributed by atoms with van der Waals surface area (Å²) in [5.41, 5.74) is -0.139. The van der Waals surface area contributed by atoms with E-state index in [1.165, 1.54) is 0 Å². The summed E-state index contributed by atoms with van der Waals surface area (Å²) in [7, 11) is 0. The van der Waals surface area contributed by atoms with Crippen molar-refractivity contribution in [2.75, 3.05) is 25.0 Å². The van der Waals surface area contributed by atoms with Gasteiger partial charge < -0.3 is 15.0 Å². The van der Waals surface area contributed by atoms with Gasteiger partial charge in [-0.05, 0) is 51.7 Å². The number of amides is 1. The highest BCUT2D eigenvalue weighted by atomic mass is 35.5. The van der Waals surface area contributed by atoms with Crippen LogP contribution in [0.2, 0.25) is 10.0 Å². The van der Waals surface area contributed by atoms with Crippen LogP contribution in [0.1, 0.15) is 33.6 Å². The van der Waals surface area contributed by atoms with Crippen molar-refractivity contribution in [3.8, 4) is 0 Å². The number of rotatable bonds is 3. The van der Waals surface area contributed by atoms with Crippen LogP contribution in [0, 0.1) is 11.7 Å². The Kier molecular flexibility index (Phi) is 6.21. The summed E-state index contributed by atoms with van der Waals surface area (Å²) in [5.74, 6) is -0.173. The Hall–Kier alpha value is -1.20. The average Bonchev–Trinajstić information content (AvgIpc) is 2.51. The lowest BCUT2D eigenvalue weighted by Gasteiger charge is -2.33. The summed E-state index contributed by atoms with van der Waals surface area (Å²) in [6, 6.07) is 3.15. The van der Waals surface area contributed by atoms with Crippen molar-refractivity contribution in [2.45, 2.75) is 39.2 Å². The highest BCUT2D eigenvalue weighted by molar-refractivity contribution is 6.42. The van der Waals surface area contributed by atoms with E-state index in [9.17, 15) is 9.18 Å². The van der Waals surface area contributed by atoms with Crippen molar-refractivity contribution in [1.82, 2.24) is 4.90 Å². The number of ether oxygens (including phenoxy) is 1. The topological polar surface area (TPSA) is 41.6 Å². The van der Waals surface area contributed by atoms with Gasteiger partial charge in [0.15, 0.2) is 5.82 Å². The number of carbonyl (C=O) groups is 1. The monoisotopic (exact) mass is 376 g/mol. The van der Waals surface area contributed by atoms with Crippen LogP contribution in [-0.4, -0.2) is 36.2 Å². The Labute approximate surface area is 152 Å². The molecule has 0 aliphatic carbocycles. The molecule has 1 amide bonds. The maximum Gasteiger partial charge on any atom is 0.410 e. The maximum atomic E-state index is 14.0. The summed E-state index contributed by atoms with van der Waals surface area (Å²) >= 11 is 11.6. The first-order chi connectivity index (χ1) is 11.2. The fraction of sp³-hybridized carbons (Fsp3) is 0.588. The number of halogens is 3. The third-order valence-corrected chi connectivity index (χ3v) is 4.66. The molecule has 4 nitrogen and oxygen atoms in total. The second-order valence-corrected chi connectivity index (χ2v) is 7.80. The lowest BCUT2D eigenvalue weighted by atomic mass is 9.97. The molecule has 2 rings (SSSR count). The van der Waals surface area contributed by atoms with Gasteiger partial charge in [-0.15, -0.1) is 0 Å². The van der Waals surface area contributed by atoms with Crippen molar-refractivity contribution in [2.24, 2.45) is 5.92 Å². The number of hydrogen-bond donors (Lipinski definition) is 1. The number of benzene rings is 1. The fourth-order valence-corrected chi connectivity index (χ4v) is 2.87. The Morgan fingerprint density at radius 1 is 1.33 bits per heavy atom. The quantitative estimate of drug-likeness (QED) is 0.737. The molecule has 0 saturated carbocycles. The van der Waals surface area contributed by atoms with Crippen LogP contribution in [0.15, 0.2) is 12.1 Å². The van der Waals surface area contributed by atoms with Crippen LogP contribution >= 0.6 is 23.2 Å². The molecule has 24 heavy (non-hydrogen) atoms. The number of hydrogen-bond acceptors (Lipinski definition) is 3. The Bertz CT molecular complexity index is 597. The largest absolute Gasteiger partial charge is 0.444 e. The molecule has 0 spiro atoms. The summed E-state index contributed by atoms with van der Waals surface area (Å²) in [6.45, 7) is 7.47. The van der Waals surface area contributed by atoms with E-state index in [1.54, 1.807) is 17.0 Å². The minimum Gasteiger partial charge on any atom is -0.444 e. The van der Waals surface area contributed by atoms with Gasteiger partial charge in [-0.1, -0.05) is 23.2 Å². The van der Waals surface area contributed by atoms with E-state index in [1.807, 2.05) is 20.8 Å². The zero-order chi connectivity index (χ0) is 17.9. The second kappa shape index (κ2) is 7.79. The molecule has 1 aromatic carbocycles. The van der Waals surface area contributed by atoms with E-state index >= 15 is 0 Å². The summed E-state index contributed by atoms with van der Waals surface area (Å²) in [5, 5.41) is 3.21. The van der Waals surface area contributed by atoms with Crippen LogP contribution in [-0.2, 0) is 4.74 Å². The SMILES string of the molecule is CC(C)(C)OC(=O)N1CCC(CNc2ccc(Cl)c(Cl)c2F)CC1. The minimum absolute atomic E-state index is 0.0681. The maximum absolute atomic E-state index is 14.0. The van der Waals surface area contributed by atoms with Crippen molar-refractivity contribution in [3.63, 3.8) is 0 Å². The first-order valence-electron chi connectivity index (χ1n) is 8.02. The van der Waals surface area contributed by atoms with Gasteiger partial charge >= 0.3 is 6.09 Å². The van der Waals surface area contributed by atoms with Crippen LogP contribution in [0.4, 0.5) is 14.9 Å². The molecule has 0 bridgehead atoms. The highest BCUT2D eigenvalue weighted by Gasteiger charge is 2.26. The minimum atomic E-state index is -0.532. The molecule has 0 atom stereocenters. The zero-order valence-electron chi connectivity index (χ0n) is 14.2. The van der Waals surface area contributed by atoms with Crippen molar-refractivity contribution < 1.29 is 13.9 Å². The van der Waals surface area contributed by atoms with Gasteiger partial charge in [-0.3, -0.25) is 0 Å². The number of anilines is 1. The lowest BCUT2D eigenvalue weighted by molar-refractivity contribution is 0.0188. The number of piperidine rings is 1. The van der Waals surface area contributed by atoms with Gasteiger partial charge in [-0.25, -0.2) is 9.18 Å². The molecule has 0 aromatic heterocycles. The van der Waals surface area contributed by atoms with E-state index in [4.69, 9.17) is 27.9 Å². The molecule has 7 heteroatoms. The summed E-state index contributed by atoms with van der Waals surface area (Å²) < 4.78 is 19.4. The summed E-state index contributed by atoms with van der Waals surface area (Å²) in [4.78, 5) is 13.7. The van der Waals surface area contributed by atoms with Gasteiger partial charge in [0, 0.05) is 19.6 Å². The second-order valence-electron chi connectivity index (χ2n) is 7.01. The zero-order valence-corrected chi connectivity index (χ0v) is 15.7. The van der Waals surface area contributed by atoms with Crippen LogP contribution in [0.25, 0.3) is 0 Å². The molecule has 0 unspecified atom stereocenters.